The molecule has 0 radical (unpaired) electrons. The second-order valence-corrected chi connectivity index (χ2v) is 12.4. The van der Waals surface area contributed by atoms with E-state index in [1.807, 2.05) is 21.9 Å². The van der Waals surface area contributed by atoms with Crippen molar-refractivity contribution in [2.75, 3.05) is 24.6 Å². The lowest BCUT2D eigenvalue weighted by Gasteiger charge is -2.35. The minimum Gasteiger partial charge on any atom is -0.493 e. The molecule has 0 bridgehead atoms. The van der Waals surface area contributed by atoms with Crippen molar-refractivity contribution in [1.82, 2.24) is 9.47 Å². The number of anilines is 1. The van der Waals surface area contributed by atoms with Gasteiger partial charge in [-0.1, -0.05) is 44.9 Å². The summed E-state index contributed by atoms with van der Waals surface area (Å²) in [5.74, 6) is -1.67. The second kappa shape index (κ2) is 14.4. The zero-order chi connectivity index (χ0) is 32.1. The quantitative estimate of drug-likeness (QED) is 0.261. The van der Waals surface area contributed by atoms with E-state index in [-0.39, 0.29) is 35.8 Å². The standard InChI is InChI=1S/C36H44FN3O5/c1-4-8-27(9-5-2)40(28-12-13-30(37)24(3)20-28)34(42)23-39-22-29(25-11-14-32-26(21-25)16-19-45-32)35(36(43)44)31(39)15-18-38-17-7-6-10-33(38)41/h6-7,10-14,17,20-21,27,29,31,35H,4-5,8-9,15-16,18-19,22-23H2,1-3H3,(H,43,44). The molecule has 2 aromatic carbocycles. The Bertz CT molecular complexity index is 1570. The molecule has 1 amide bonds. The molecule has 1 fully saturated rings. The van der Waals surface area contributed by atoms with E-state index < -0.39 is 17.9 Å². The van der Waals surface area contributed by atoms with Crippen LogP contribution in [0, 0.1) is 18.7 Å². The third-order valence-corrected chi connectivity index (χ3v) is 9.38. The van der Waals surface area contributed by atoms with Crippen LogP contribution >= 0.6 is 0 Å². The molecule has 3 aromatic rings. The Kier molecular flexibility index (Phi) is 10.4. The van der Waals surface area contributed by atoms with Gasteiger partial charge in [0, 0.05) is 55.5 Å². The maximum absolute atomic E-state index is 14.4. The van der Waals surface area contributed by atoms with Crippen LogP contribution in [0.25, 0.3) is 0 Å². The molecule has 8 nitrogen and oxygen atoms in total. The monoisotopic (exact) mass is 617 g/mol. The van der Waals surface area contributed by atoms with Crippen LogP contribution in [-0.4, -0.2) is 58.2 Å². The fourth-order valence-electron chi connectivity index (χ4n) is 7.20. The van der Waals surface area contributed by atoms with Crippen molar-refractivity contribution < 1.29 is 23.8 Å². The van der Waals surface area contributed by atoms with Gasteiger partial charge < -0.3 is 19.3 Å². The molecule has 5 rings (SSSR count). The Morgan fingerprint density at radius 1 is 1.09 bits per heavy atom. The number of ether oxygens (including phenoxy) is 1. The third kappa shape index (κ3) is 7.14. The molecular formula is C36H44FN3O5. The first kappa shape index (κ1) is 32.4. The molecule has 3 heterocycles. The van der Waals surface area contributed by atoms with E-state index in [1.54, 1.807) is 42.0 Å². The number of pyridine rings is 1. The van der Waals surface area contributed by atoms with Gasteiger partial charge in [0.05, 0.1) is 19.1 Å². The number of benzene rings is 2. The van der Waals surface area contributed by atoms with Gasteiger partial charge in [-0.3, -0.25) is 19.3 Å². The average molecular weight is 618 g/mol. The SMILES string of the molecule is CCCC(CCC)N(C(=O)CN1CC(c2ccc3c(c2)CCO3)C(C(=O)O)C1CCn1ccccc1=O)c1ccc(F)c(C)c1. The number of aryl methyl sites for hydroxylation is 2. The first-order valence-electron chi connectivity index (χ1n) is 16.2. The third-order valence-electron chi connectivity index (χ3n) is 9.38. The second-order valence-electron chi connectivity index (χ2n) is 12.4. The number of nitrogens with zero attached hydrogens (tertiary/aromatic N) is 3. The Morgan fingerprint density at radius 2 is 1.87 bits per heavy atom. The van der Waals surface area contributed by atoms with Gasteiger partial charge in [0.2, 0.25) is 11.5 Å². The van der Waals surface area contributed by atoms with Gasteiger partial charge in [-0.25, -0.2) is 4.39 Å². The summed E-state index contributed by atoms with van der Waals surface area (Å²) in [7, 11) is 0. The predicted molar refractivity (Wildman–Crippen MR) is 172 cm³/mol. The Labute approximate surface area is 264 Å². The smallest absolute Gasteiger partial charge is 0.308 e. The number of fused-ring (bicyclic) bond motifs is 1. The van der Waals surface area contributed by atoms with Crippen LogP contribution in [-0.2, 0) is 22.6 Å². The minimum absolute atomic E-state index is 0.0169. The summed E-state index contributed by atoms with van der Waals surface area (Å²) < 4.78 is 21.6. The van der Waals surface area contributed by atoms with Crippen LogP contribution < -0.4 is 15.2 Å². The molecule has 1 aromatic heterocycles. The van der Waals surface area contributed by atoms with Crippen LogP contribution in [0.4, 0.5) is 10.1 Å². The summed E-state index contributed by atoms with van der Waals surface area (Å²) >= 11 is 0. The van der Waals surface area contributed by atoms with Gasteiger partial charge in [-0.2, -0.15) is 0 Å². The van der Waals surface area contributed by atoms with Crippen LogP contribution in [0.3, 0.4) is 0 Å². The lowest BCUT2D eigenvalue weighted by Crippen LogP contribution is -2.48. The Balaban J connectivity index is 1.50. The molecule has 3 atom stereocenters. The molecule has 0 saturated carbocycles. The van der Waals surface area contributed by atoms with Crippen molar-refractivity contribution in [2.24, 2.45) is 5.92 Å². The van der Waals surface area contributed by atoms with Crippen molar-refractivity contribution in [3.63, 3.8) is 0 Å². The molecule has 0 spiro atoms. The number of hydrogen-bond donors (Lipinski definition) is 1. The van der Waals surface area contributed by atoms with Gasteiger partial charge in [0.1, 0.15) is 11.6 Å². The summed E-state index contributed by atoms with van der Waals surface area (Å²) in [6.07, 6.45) is 6.25. The first-order chi connectivity index (χ1) is 21.7. The number of hydrogen-bond acceptors (Lipinski definition) is 5. The topological polar surface area (TPSA) is 92.1 Å². The number of aliphatic carboxylic acids is 1. The summed E-state index contributed by atoms with van der Waals surface area (Å²) in [4.78, 5) is 43.7. The number of likely N-dealkylation sites (tertiary alicyclic amines) is 1. The van der Waals surface area contributed by atoms with Crippen LogP contribution in [0.15, 0.2) is 65.6 Å². The molecule has 9 heteroatoms. The molecule has 2 aliphatic heterocycles. The van der Waals surface area contributed by atoms with E-state index in [1.165, 1.54) is 12.1 Å². The van der Waals surface area contributed by atoms with E-state index in [4.69, 9.17) is 4.74 Å². The number of amides is 1. The lowest BCUT2D eigenvalue weighted by molar-refractivity contribution is -0.143. The lowest BCUT2D eigenvalue weighted by atomic mass is 9.83. The van der Waals surface area contributed by atoms with E-state index in [0.29, 0.717) is 37.4 Å². The minimum atomic E-state index is -0.919. The highest BCUT2D eigenvalue weighted by molar-refractivity contribution is 5.95. The maximum atomic E-state index is 14.4. The van der Waals surface area contributed by atoms with E-state index in [0.717, 1.165) is 49.0 Å². The summed E-state index contributed by atoms with van der Waals surface area (Å²) in [5, 5.41) is 10.6. The molecule has 3 unspecified atom stereocenters. The first-order valence-corrected chi connectivity index (χ1v) is 16.2. The molecular weight excluding hydrogens is 573 g/mol. The molecule has 2 aliphatic rings. The zero-order valence-electron chi connectivity index (χ0n) is 26.5. The number of carbonyl (C=O) groups is 2. The predicted octanol–water partition coefficient (Wildman–Crippen LogP) is 5.79. The van der Waals surface area contributed by atoms with Gasteiger partial charge >= 0.3 is 5.97 Å². The Hall–Kier alpha value is -3.98. The Morgan fingerprint density at radius 3 is 2.56 bits per heavy atom. The zero-order valence-corrected chi connectivity index (χ0v) is 26.5. The van der Waals surface area contributed by atoms with Crippen LogP contribution in [0.5, 0.6) is 5.75 Å². The van der Waals surface area contributed by atoms with Gasteiger partial charge in [0.25, 0.3) is 0 Å². The van der Waals surface area contributed by atoms with Crippen molar-refractivity contribution in [3.8, 4) is 5.75 Å². The molecule has 1 saturated heterocycles. The van der Waals surface area contributed by atoms with Crippen molar-refractivity contribution >= 4 is 17.6 Å². The number of carboxylic acids is 1. The van der Waals surface area contributed by atoms with E-state index in [9.17, 15) is 23.9 Å². The van der Waals surface area contributed by atoms with Crippen molar-refractivity contribution in [1.29, 1.82) is 0 Å². The van der Waals surface area contributed by atoms with Gasteiger partial charge in [0.15, 0.2) is 0 Å². The summed E-state index contributed by atoms with van der Waals surface area (Å²) in [6.45, 7) is 7.22. The van der Waals surface area contributed by atoms with Crippen molar-refractivity contribution in [3.05, 3.63) is 93.7 Å². The van der Waals surface area contributed by atoms with Gasteiger partial charge in [-0.05, 0) is 73.2 Å². The number of carboxylic acid groups (broad SMARTS) is 1. The molecule has 0 aliphatic carbocycles. The summed E-state index contributed by atoms with van der Waals surface area (Å²) in [6, 6.07) is 15.1. The number of carbonyl (C=O) groups excluding carboxylic acids is 1. The highest BCUT2D eigenvalue weighted by atomic mass is 19.1. The highest BCUT2D eigenvalue weighted by Gasteiger charge is 2.47. The maximum Gasteiger partial charge on any atom is 0.308 e. The van der Waals surface area contributed by atoms with Gasteiger partial charge in [-0.15, -0.1) is 0 Å². The van der Waals surface area contributed by atoms with E-state index >= 15 is 0 Å². The largest absolute Gasteiger partial charge is 0.493 e. The molecule has 240 valence electrons. The van der Waals surface area contributed by atoms with Crippen LogP contribution in [0.2, 0.25) is 0 Å². The van der Waals surface area contributed by atoms with Crippen LogP contribution in [0.1, 0.15) is 68.6 Å². The number of aromatic nitrogens is 1. The summed E-state index contributed by atoms with van der Waals surface area (Å²) in [5.41, 5.74) is 2.96. The highest BCUT2D eigenvalue weighted by Crippen LogP contribution is 2.41. The normalized spacial score (nSPS) is 19.4. The van der Waals surface area contributed by atoms with E-state index in [2.05, 4.69) is 19.9 Å². The molecule has 1 N–H and O–H groups in total. The molecule has 45 heavy (non-hydrogen) atoms. The fourth-order valence-corrected chi connectivity index (χ4v) is 7.20. The number of halogens is 1. The average Bonchev–Trinajstić information content (AvgIpc) is 3.63. The fraction of sp³-hybridized carbons (Fsp3) is 0.472. The number of rotatable bonds is 13. The van der Waals surface area contributed by atoms with Crippen molar-refractivity contribution in [2.45, 2.75) is 83.8 Å².